The topological polar surface area (TPSA) is 94.2 Å². The van der Waals surface area contributed by atoms with E-state index in [9.17, 15) is 13.2 Å². The molecule has 1 aliphatic heterocycles. The van der Waals surface area contributed by atoms with E-state index in [-0.39, 0.29) is 36.2 Å². The number of carbonyl (C=O) groups excluding carboxylic acids is 1. The number of carbonyl (C=O) groups is 1. The Morgan fingerprint density at radius 1 is 1.00 bits per heavy atom. The van der Waals surface area contributed by atoms with Crippen LogP contribution in [0.2, 0.25) is 0 Å². The number of ether oxygens (including phenoxy) is 3. The Morgan fingerprint density at radius 2 is 1.71 bits per heavy atom. The number of morpholine rings is 1. The van der Waals surface area contributed by atoms with E-state index >= 15 is 0 Å². The third-order valence-electron chi connectivity index (χ3n) is 5.41. The van der Waals surface area contributed by atoms with Crippen molar-refractivity contribution in [2.24, 2.45) is 0 Å². The first-order valence-corrected chi connectivity index (χ1v) is 12.3. The SMILES string of the molecule is COc1ccc(NC(=O)c2ccccc2COc2ccccc2)cc1S(=O)(=O)N1CCOCC1. The molecule has 1 heterocycles. The van der Waals surface area contributed by atoms with E-state index in [2.05, 4.69) is 5.32 Å². The van der Waals surface area contributed by atoms with Crippen LogP contribution < -0.4 is 14.8 Å². The number of anilines is 1. The van der Waals surface area contributed by atoms with Gasteiger partial charge in [-0.05, 0) is 36.4 Å². The molecular weight excluding hydrogens is 456 g/mol. The van der Waals surface area contributed by atoms with E-state index in [4.69, 9.17) is 14.2 Å². The maximum absolute atomic E-state index is 13.2. The zero-order valence-corrected chi connectivity index (χ0v) is 19.6. The van der Waals surface area contributed by atoms with Crippen LogP contribution in [0.5, 0.6) is 11.5 Å². The Labute approximate surface area is 199 Å². The van der Waals surface area contributed by atoms with Crippen molar-refractivity contribution in [2.45, 2.75) is 11.5 Å². The number of amides is 1. The van der Waals surface area contributed by atoms with Crippen LogP contribution in [0.4, 0.5) is 5.69 Å². The van der Waals surface area contributed by atoms with Gasteiger partial charge in [0.05, 0.1) is 20.3 Å². The molecule has 3 aromatic rings. The zero-order valence-electron chi connectivity index (χ0n) is 18.8. The predicted octanol–water partition coefficient (Wildman–Crippen LogP) is 3.55. The van der Waals surface area contributed by atoms with Gasteiger partial charge in [0.25, 0.3) is 5.91 Å². The molecule has 0 aliphatic carbocycles. The summed E-state index contributed by atoms with van der Waals surface area (Å²) in [4.78, 5) is 13.1. The number of benzene rings is 3. The summed E-state index contributed by atoms with van der Waals surface area (Å²) < 4.78 is 44.1. The van der Waals surface area contributed by atoms with Crippen molar-refractivity contribution in [3.63, 3.8) is 0 Å². The normalized spacial score (nSPS) is 14.4. The number of para-hydroxylation sites is 1. The second-order valence-electron chi connectivity index (χ2n) is 7.60. The molecule has 0 spiro atoms. The fraction of sp³-hybridized carbons (Fsp3) is 0.240. The number of nitrogens with zero attached hydrogens (tertiary/aromatic N) is 1. The van der Waals surface area contributed by atoms with Gasteiger partial charge in [0.15, 0.2) is 0 Å². The van der Waals surface area contributed by atoms with Gasteiger partial charge in [0.2, 0.25) is 10.0 Å². The molecule has 0 radical (unpaired) electrons. The van der Waals surface area contributed by atoms with Gasteiger partial charge in [-0.3, -0.25) is 4.79 Å². The Balaban J connectivity index is 1.55. The van der Waals surface area contributed by atoms with Crippen molar-refractivity contribution >= 4 is 21.6 Å². The number of methoxy groups -OCH3 is 1. The molecule has 3 aromatic carbocycles. The van der Waals surface area contributed by atoms with E-state index in [1.54, 1.807) is 18.2 Å². The summed E-state index contributed by atoms with van der Waals surface area (Å²) in [6, 6.07) is 21.0. The third kappa shape index (κ3) is 5.39. The first kappa shape index (κ1) is 23.7. The van der Waals surface area contributed by atoms with E-state index < -0.39 is 10.0 Å². The van der Waals surface area contributed by atoms with Crippen LogP contribution in [-0.4, -0.2) is 52.0 Å². The number of rotatable bonds is 8. The highest BCUT2D eigenvalue weighted by Gasteiger charge is 2.29. The lowest BCUT2D eigenvalue weighted by Gasteiger charge is -2.26. The van der Waals surface area contributed by atoms with Gasteiger partial charge in [-0.2, -0.15) is 4.31 Å². The van der Waals surface area contributed by atoms with Crippen molar-refractivity contribution in [3.8, 4) is 11.5 Å². The number of hydrogen-bond acceptors (Lipinski definition) is 6. The monoisotopic (exact) mass is 482 g/mol. The van der Waals surface area contributed by atoms with Crippen LogP contribution in [0, 0.1) is 0 Å². The van der Waals surface area contributed by atoms with Crippen LogP contribution in [0.15, 0.2) is 77.7 Å². The molecule has 8 nitrogen and oxygen atoms in total. The summed E-state index contributed by atoms with van der Waals surface area (Å²) in [7, 11) is -2.41. The lowest BCUT2D eigenvalue weighted by molar-refractivity contribution is 0.0729. The molecule has 0 bridgehead atoms. The molecule has 9 heteroatoms. The Bertz CT molecular complexity index is 1240. The third-order valence-corrected chi connectivity index (χ3v) is 7.33. The Hall–Kier alpha value is -3.40. The van der Waals surface area contributed by atoms with Crippen molar-refractivity contribution in [3.05, 3.63) is 83.9 Å². The summed E-state index contributed by atoms with van der Waals surface area (Å²) in [5.74, 6) is 0.541. The molecular formula is C25H26N2O6S. The summed E-state index contributed by atoms with van der Waals surface area (Å²) in [6.45, 7) is 1.40. The Morgan fingerprint density at radius 3 is 2.44 bits per heavy atom. The van der Waals surface area contributed by atoms with Gasteiger partial charge in [-0.1, -0.05) is 36.4 Å². The van der Waals surface area contributed by atoms with Crippen LogP contribution in [0.1, 0.15) is 15.9 Å². The van der Waals surface area contributed by atoms with Crippen molar-refractivity contribution in [1.29, 1.82) is 0 Å². The van der Waals surface area contributed by atoms with Crippen LogP contribution in [-0.2, 0) is 21.4 Å². The average Bonchev–Trinajstić information content (AvgIpc) is 2.88. The largest absolute Gasteiger partial charge is 0.495 e. The summed E-state index contributed by atoms with van der Waals surface area (Å²) in [5, 5.41) is 2.81. The molecule has 1 aliphatic rings. The molecule has 0 atom stereocenters. The first-order chi connectivity index (χ1) is 16.5. The van der Waals surface area contributed by atoms with Gasteiger partial charge >= 0.3 is 0 Å². The van der Waals surface area contributed by atoms with Gasteiger partial charge in [-0.25, -0.2) is 8.42 Å². The average molecular weight is 483 g/mol. The highest BCUT2D eigenvalue weighted by atomic mass is 32.2. The maximum atomic E-state index is 13.2. The van der Waals surface area contributed by atoms with Crippen LogP contribution in [0.25, 0.3) is 0 Å². The molecule has 1 amide bonds. The highest BCUT2D eigenvalue weighted by Crippen LogP contribution is 2.30. The molecule has 1 saturated heterocycles. The minimum Gasteiger partial charge on any atom is -0.495 e. The fourth-order valence-corrected chi connectivity index (χ4v) is 5.22. The molecule has 178 valence electrons. The molecule has 0 unspecified atom stereocenters. The van der Waals surface area contributed by atoms with E-state index in [0.717, 1.165) is 0 Å². The fourth-order valence-electron chi connectivity index (χ4n) is 3.63. The van der Waals surface area contributed by atoms with Crippen molar-refractivity contribution in [1.82, 2.24) is 4.31 Å². The van der Waals surface area contributed by atoms with Gasteiger partial charge in [0, 0.05) is 29.9 Å². The minimum atomic E-state index is -3.82. The van der Waals surface area contributed by atoms with Crippen LogP contribution >= 0.6 is 0 Å². The molecule has 1 fully saturated rings. The van der Waals surface area contributed by atoms with Gasteiger partial charge in [-0.15, -0.1) is 0 Å². The summed E-state index contributed by atoms with van der Waals surface area (Å²) in [5.41, 5.74) is 1.49. The second kappa shape index (κ2) is 10.7. The van der Waals surface area contributed by atoms with Gasteiger partial charge in [0.1, 0.15) is 23.0 Å². The maximum Gasteiger partial charge on any atom is 0.256 e. The van der Waals surface area contributed by atoms with Crippen molar-refractivity contribution < 1.29 is 27.4 Å². The smallest absolute Gasteiger partial charge is 0.256 e. The molecule has 4 rings (SSSR count). The standard InChI is InChI=1S/C25H26N2O6S/c1-31-23-12-11-20(17-24(23)34(29,30)27-13-15-32-16-14-27)26-25(28)22-10-6-5-7-19(22)18-33-21-8-3-2-4-9-21/h2-12,17H,13-16,18H2,1H3,(H,26,28). The van der Waals surface area contributed by atoms with Gasteiger partial charge < -0.3 is 19.5 Å². The summed E-state index contributed by atoms with van der Waals surface area (Å²) in [6.07, 6.45) is 0. The molecule has 34 heavy (non-hydrogen) atoms. The first-order valence-electron chi connectivity index (χ1n) is 10.8. The van der Waals surface area contributed by atoms with Crippen molar-refractivity contribution in [2.75, 3.05) is 38.7 Å². The molecule has 0 aromatic heterocycles. The van der Waals surface area contributed by atoms with E-state index in [1.807, 2.05) is 42.5 Å². The minimum absolute atomic E-state index is 0.00426. The molecule has 1 N–H and O–H groups in total. The lowest BCUT2D eigenvalue weighted by Crippen LogP contribution is -2.40. The van der Waals surface area contributed by atoms with E-state index in [1.165, 1.54) is 23.5 Å². The quantitative estimate of drug-likeness (QED) is 0.528. The lowest BCUT2D eigenvalue weighted by atomic mass is 10.1. The van der Waals surface area contributed by atoms with E-state index in [0.29, 0.717) is 35.8 Å². The predicted molar refractivity (Wildman–Crippen MR) is 128 cm³/mol. The summed E-state index contributed by atoms with van der Waals surface area (Å²) >= 11 is 0. The zero-order chi connectivity index (χ0) is 24.0. The molecule has 0 saturated carbocycles. The highest BCUT2D eigenvalue weighted by molar-refractivity contribution is 7.89. The Kier molecular flexibility index (Phi) is 7.46. The number of sulfonamides is 1. The number of nitrogens with one attached hydrogen (secondary N) is 1. The number of hydrogen-bond donors (Lipinski definition) is 1. The van der Waals surface area contributed by atoms with Crippen LogP contribution in [0.3, 0.4) is 0 Å². The second-order valence-corrected chi connectivity index (χ2v) is 9.50.